The molecule has 8 heteroatoms. The largest absolute Gasteiger partial charge is 0.348 e. The maximum Gasteiger partial charge on any atom is 0.326 e. The Hall–Kier alpha value is -3.68. The Morgan fingerprint density at radius 3 is 2.35 bits per heavy atom. The zero-order valence-electron chi connectivity index (χ0n) is 17.3. The Labute approximate surface area is 179 Å². The molecule has 0 radical (unpaired) electrons. The summed E-state index contributed by atoms with van der Waals surface area (Å²) >= 11 is 0. The Kier molecular flexibility index (Phi) is 5.97. The number of carbonyl (C=O) groups excluding carboxylic acids is 1. The third-order valence-electron chi connectivity index (χ3n) is 5.86. The minimum absolute atomic E-state index is 0.00525. The minimum atomic E-state index is -0.713. The van der Waals surface area contributed by atoms with Gasteiger partial charge in [0.15, 0.2) is 0 Å². The fourth-order valence-electron chi connectivity index (χ4n) is 4.21. The van der Waals surface area contributed by atoms with Gasteiger partial charge in [0, 0.05) is 31.2 Å². The third kappa shape index (κ3) is 4.58. The smallest absolute Gasteiger partial charge is 0.326 e. The molecule has 1 saturated carbocycles. The van der Waals surface area contributed by atoms with Gasteiger partial charge in [-0.15, -0.1) is 0 Å². The predicted molar refractivity (Wildman–Crippen MR) is 119 cm³/mol. The van der Waals surface area contributed by atoms with Crippen LogP contribution in [0.4, 0.5) is 11.4 Å². The van der Waals surface area contributed by atoms with Gasteiger partial charge in [0.05, 0.1) is 0 Å². The lowest BCUT2D eigenvalue weighted by molar-refractivity contribution is 0.0920. The van der Waals surface area contributed by atoms with Gasteiger partial charge in [-0.1, -0.05) is 30.3 Å². The van der Waals surface area contributed by atoms with E-state index in [9.17, 15) is 14.4 Å². The molecule has 1 amide bonds. The summed E-state index contributed by atoms with van der Waals surface area (Å²) < 4.78 is 0. The zero-order valence-corrected chi connectivity index (χ0v) is 17.3. The lowest BCUT2D eigenvalue weighted by Crippen LogP contribution is -2.41. The van der Waals surface area contributed by atoms with Crippen LogP contribution in [0.25, 0.3) is 0 Å². The highest BCUT2D eigenvalue weighted by atomic mass is 16.2. The molecule has 1 aromatic carbocycles. The number of rotatable bonds is 5. The zero-order chi connectivity index (χ0) is 21.8. The molecule has 2 aromatic heterocycles. The molecule has 0 aliphatic heterocycles. The maximum atomic E-state index is 13.1. The average Bonchev–Trinajstić information content (AvgIpc) is 2.80. The standard InChI is InChI=1S/C23H25N5O3/c1-28(18-11-13-24-14-12-18)20-19(26-23(31)27-22(20)30)21(29)25-17-9-7-16(8-10-17)15-5-3-2-4-6-15/h2-6,11-14,16-17H,7-10H2,1H3,(H,25,29)(H2,26,27,30,31). The first-order valence-electron chi connectivity index (χ1n) is 10.4. The van der Waals surface area contributed by atoms with Crippen LogP contribution in [0.3, 0.4) is 0 Å². The lowest BCUT2D eigenvalue weighted by atomic mass is 9.82. The summed E-state index contributed by atoms with van der Waals surface area (Å²) in [6, 6.07) is 13.8. The highest BCUT2D eigenvalue weighted by Gasteiger charge is 2.26. The number of amides is 1. The second-order valence-corrected chi connectivity index (χ2v) is 7.83. The second-order valence-electron chi connectivity index (χ2n) is 7.83. The highest BCUT2D eigenvalue weighted by molar-refractivity contribution is 5.98. The SMILES string of the molecule is CN(c1ccncc1)c1c(C(=O)NC2CCC(c3ccccc3)CC2)[nH]c(=O)[nH]c1=O. The summed E-state index contributed by atoms with van der Waals surface area (Å²) in [6.45, 7) is 0. The summed E-state index contributed by atoms with van der Waals surface area (Å²) in [5.74, 6) is 0.0318. The number of pyridine rings is 1. The van der Waals surface area contributed by atoms with Crippen LogP contribution in [0.5, 0.6) is 0 Å². The lowest BCUT2D eigenvalue weighted by Gasteiger charge is -2.29. The van der Waals surface area contributed by atoms with Gasteiger partial charge in [-0.3, -0.25) is 19.6 Å². The van der Waals surface area contributed by atoms with Crippen molar-refractivity contribution >= 4 is 17.3 Å². The van der Waals surface area contributed by atoms with Crippen LogP contribution in [-0.4, -0.2) is 33.9 Å². The van der Waals surface area contributed by atoms with Crippen LogP contribution in [0, 0.1) is 0 Å². The molecule has 8 nitrogen and oxygen atoms in total. The van der Waals surface area contributed by atoms with E-state index in [1.54, 1.807) is 36.5 Å². The van der Waals surface area contributed by atoms with E-state index in [0.717, 1.165) is 25.7 Å². The molecule has 0 saturated heterocycles. The van der Waals surface area contributed by atoms with Gasteiger partial charge in [0.25, 0.3) is 11.5 Å². The number of benzene rings is 1. The molecule has 0 unspecified atom stereocenters. The number of anilines is 2. The van der Waals surface area contributed by atoms with E-state index < -0.39 is 17.2 Å². The van der Waals surface area contributed by atoms with E-state index in [1.807, 2.05) is 18.2 Å². The van der Waals surface area contributed by atoms with Gasteiger partial charge in [-0.2, -0.15) is 0 Å². The summed E-state index contributed by atoms with van der Waals surface area (Å²) in [5, 5.41) is 3.01. The van der Waals surface area contributed by atoms with Crippen LogP contribution in [0.1, 0.15) is 47.7 Å². The van der Waals surface area contributed by atoms with Gasteiger partial charge < -0.3 is 15.2 Å². The quantitative estimate of drug-likeness (QED) is 0.589. The first-order chi connectivity index (χ1) is 15.0. The van der Waals surface area contributed by atoms with Crippen molar-refractivity contribution in [3.8, 4) is 0 Å². The summed E-state index contributed by atoms with van der Waals surface area (Å²) in [6.07, 6.45) is 6.82. The first kappa shape index (κ1) is 20.6. The molecular formula is C23H25N5O3. The van der Waals surface area contributed by atoms with E-state index in [4.69, 9.17) is 0 Å². The molecular weight excluding hydrogens is 394 g/mol. The average molecular weight is 419 g/mol. The molecule has 3 N–H and O–H groups in total. The van der Waals surface area contributed by atoms with Crippen molar-refractivity contribution in [2.45, 2.75) is 37.6 Å². The van der Waals surface area contributed by atoms with Gasteiger partial charge in [-0.25, -0.2) is 4.79 Å². The number of hydrogen-bond acceptors (Lipinski definition) is 5. The Morgan fingerprint density at radius 1 is 1.00 bits per heavy atom. The molecule has 31 heavy (non-hydrogen) atoms. The van der Waals surface area contributed by atoms with E-state index in [1.165, 1.54) is 5.56 Å². The van der Waals surface area contributed by atoms with Crippen molar-refractivity contribution in [1.82, 2.24) is 20.3 Å². The molecule has 1 fully saturated rings. The number of nitrogens with zero attached hydrogens (tertiary/aromatic N) is 2. The van der Waals surface area contributed by atoms with Crippen LogP contribution >= 0.6 is 0 Å². The molecule has 1 aliphatic rings. The van der Waals surface area contributed by atoms with Crippen molar-refractivity contribution in [3.63, 3.8) is 0 Å². The van der Waals surface area contributed by atoms with E-state index >= 15 is 0 Å². The molecule has 2 heterocycles. The van der Waals surface area contributed by atoms with Crippen molar-refractivity contribution < 1.29 is 4.79 Å². The third-order valence-corrected chi connectivity index (χ3v) is 5.86. The minimum Gasteiger partial charge on any atom is -0.348 e. The number of hydrogen-bond donors (Lipinski definition) is 3. The number of carbonyl (C=O) groups is 1. The van der Waals surface area contributed by atoms with Gasteiger partial charge in [0.2, 0.25) is 0 Å². The van der Waals surface area contributed by atoms with E-state index in [2.05, 4.69) is 32.4 Å². The van der Waals surface area contributed by atoms with E-state index in [0.29, 0.717) is 11.6 Å². The Morgan fingerprint density at radius 2 is 1.68 bits per heavy atom. The van der Waals surface area contributed by atoms with Crippen molar-refractivity contribution in [3.05, 3.63) is 87.0 Å². The fraction of sp³-hybridized carbons (Fsp3) is 0.304. The van der Waals surface area contributed by atoms with Crippen LogP contribution in [-0.2, 0) is 0 Å². The number of aromatic nitrogens is 3. The van der Waals surface area contributed by atoms with Crippen molar-refractivity contribution in [1.29, 1.82) is 0 Å². The van der Waals surface area contributed by atoms with Crippen molar-refractivity contribution in [2.24, 2.45) is 0 Å². The molecule has 0 atom stereocenters. The predicted octanol–water partition coefficient (Wildman–Crippen LogP) is 2.68. The Balaban J connectivity index is 1.51. The highest BCUT2D eigenvalue weighted by Crippen LogP contribution is 2.33. The van der Waals surface area contributed by atoms with Crippen LogP contribution in [0.2, 0.25) is 0 Å². The second kappa shape index (κ2) is 8.99. The molecule has 1 aliphatic carbocycles. The van der Waals surface area contributed by atoms with Gasteiger partial charge in [0.1, 0.15) is 11.4 Å². The summed E-state index contributed by atoms with van der Waals surface area (Å²) in [7, 11) is 1.67. The molecule has 0 spiro atoms. The maximum absolute atomic E-state index is 13.1. The van der Waals surface area contributed by atoms with Gasteiger partial charge >= 0.3 is 5.69 Å². The van der Waals surface area contributed by atoms with Crippen LogP contribution < -0.4 is 21.5 Å². The number of H-pyrrole nitrogens is 2. The first-order valence-corrected chi connectivity index (χ1v) is 10.4. The summed E-state index contributed by atoms with van der Waals surface area (Å²) in [5.41, 5.74) is 0.702. The normalized spacial score (nSPS) is 18.4. The molecule has 0 bridgehead atoms. The topological polar surface area (TPSA) is 111 Å². The van der Waals surface area contributed by atoms with E-state index in [-0.39, 0.29) is 17.4 Å². The molecule has 160 valence electrons. The van der Waals surface area contributed by atoms with Crippen molar-refractivity contribution in [2.75, 3.05) is 11.9 Å². The number of nitrogens with one attached hydrogen (secondary N) is 3. The fourth-order valence-corrected chi connectivity index (χ4v) is 4.21. The monoisotopic (exact) mass is 419 g/mol. The molecule has 4 rings (SSSR count). The summed E-state index contributed by atoms with van der Waals surface area (Å²) in [4.78, 5) is 47.8. The molecule has 3 aromatic rings. The van der Waals surface area contributed by atoms with Crippen LogP contribution in [0.15, 0.2) is 64.4 Å². The number of aromatic amines is 2. The van der Waals surface area contributed by atoms with Gasteiger partial charge in [-0.05, 0) is 49.3 Å². The Bertz CT molecular complexity index is 1150.